The van der Waals surface area contributed by atoms with E-state index in [1.54, 1.807) is 17.4 Å². The predicted molar refractivity (Wildman–Crippen MR) is 89.5 cm³/mol. The highest BCUT2D eigenvalue weighted by Gasteiger charge is 2.03. The average molecular weight is 314 g/mol. The largest absolute Gasteiger partial charge is 0.319 e. The van der Waals surface area contributed by atoms with E-state index in [9.17, 15) is 4.79 Å². The molecular weight excluding hydrogens is 300 g/mol. The molecule has 0 bridgehead atoms. The Morgan fingerprint density at radius 1 is 1.33 bits per heavy atom. The van der Waals surface area contributed by atoms with Crippen LogP contribution >= 0.6 is 22.7 Å². The van der Waals surface area contributed by atoms with Crippen LogP contribution in [0.2, 0.25) is 0 Å². The van der Waals surface area contributed by atoms with Gasteiger partial charge in [0.05, 0.1) is 10.2 Å². The molecule has 3 nitrogen and oxygen atoms in total. The number of amides is 1. The summed E-state index contributed by atoms with van der Waals surface area (Å²) >= 11 is 3.13. The molecule has 3 rings (SSSR count). The van der Waals surface area contributed by atoms with E-state index in [1.165, 1.54) is 23.0 Å². The summed E-state index contributed by atoms with van der Waals surface area (Å²) in [6.07, 6.45) is 3.31. The molecule has 21 heavy (non-hydrogen) atoms. The molecule has 1 aromatic carbocycles. The number of thiophene rings is 1. The van der Waals surface area contributed by atoms with Gasteiger partial charge in [-0.2, -0.15) is 4.99 Å². The number of fused-ring (bicyclic) bond motifs is 1. The van der Waals surface area contributed by atoms with Crippen molar-refractivity contribution in [2.24, 2.45) is 12.0 Å². The van der Waals surface area contributed by atoms with E-state index < -0.39 is 0 Å². The monoisotopic (exact) mass is 314 g/mol. The van der Waals surface area contributed by atoms with Crippen molar-refractivity contribution >= 4 is 44.9 Å². The minimum atomic E-state index is -0.234. The summed E-state index contributed by atoms with van der Waals surface area (Å²) in [4.78, 5) is 17.9. The highest BCUT2D eigenvalue weighted by atomic mass is 32.1. The third-order valence-electron chi connectivity index (χ3n) is 3.10. The molecule has 0 aliphatic carbocycles. The Bertz CT molecular complexity index is 883. The first-order valence-electron chi connectivity index (χ1n) is 6.50. The summed E-state index contributed by atoms with van der Waals surface area (Å²) in [5, 5.41) is 1.98. The zero-order valence-electron chi connectivity index (χ0n) is 11.7. The van der Waals surface area contributed by atoms with Gasteiger partial charge >= 0.3 is 0 Å². The molecule has 2 aromatic heterocycles. The quantitative estimate of drug-likeness (QED) is 0.663. The Morgan fingerprint density at radius 2 is 2.19 bits per heavy atom. The van der Waals surface area contributed by atoms with Crippen LogP contribution in [-0.2, 0) is 11.8 Å². The summed E-state index contributed by atoms with van der Waals surface area (Å²) in [6.45, 7) is 2.06. The molecule has 0 aliphatic heterocycles. The Morgan fingerprint density at radius 3 is 2.95 bits per heavy atom. The highest BCUT2D eigenvalue weighted by Crippen LogP contribution is 2.17. The fraction of sp³-hybridized carbons (Fsp3) is 0.125. The van der Waals surface area contributed by atoms with Crippen molar-refractivity contribution in [3.8, 4) is 0 Å². The van der Waals surface area contributed by atoms with Crippen LogP contribution in [0.15, 0.2) is 46.8 Å². The molecule has 0 aliphatic rings. The summed E-state index contributed by atoms with van der Waals surface area (Å²) in [6, 6.07) is 10.2. The fourth-order valence-corrected chi connectivity index (χ4v) is 3.76. The van der Waals surface area contributed by atoms with Gasteiger partial charge in [-0.25, -0.2) is 0 Å². The van der Waals surface area contributed by atoms with Crippen molar-refractivity contribution in [2.45, 2.75) is 6.92 Å². The number of aromatic nitrogens is 1. The minimum Gasteiger partial charge on any atom is -0.319 e. The highest BCUT2D eigenvalue weighted by molar-refractivity contribution is 7.16. The first-order valence-corrected chi connectivity index (χ1v) is 8.19. The lowest BCUT2D eigenvalue weighted by Crippen LogP contribution is -2.12. The van der Waals surface area contributed by atoms with Crippen LogP contribution in [0.4, 0.5) is 0 Å². The van der Waals surface area contributed by atoms with Gasteiger partial charge in [-0.15, -0.1) is 11.3 Å². The summed E-state index contributed by atoms with van der Waals surface area (Å²) in [5.74, 6) is -0.234. The number of aryl methyl sites for hydroxylation is 2. The fourth-order valence-electron chi connectivity index (χ4n) is 2.02. The van der Waals surface area contributed by atoms with Gasteiger partial charge in [-0.05, 0) is 42.1 Å². The molecule has 0 N–H and O–H groups in total. The molecular formula is C16H14N2OS2. The number of hydrogen-bond donors (Lipinski definition) is 0. The van der Waals surface area contributed by atoms with Crippen LogP contribution in [0.25, 0.3) is 16.3 Å². The molecule has 0 fully saturated rings. The van der Waals surface area contributed by atoms with E-state index in [1.807, 2.05) is 29.1 Å². The van der Waals surface area contributed by atoms with Crippen molar-refractivity contribution in [2.75, 3.05) is 0 Å². The molecule has 3 aromatic rings. The number of carbonyl (C=O) groups is 1. The summed E-state index contributed by atoms with van der Waals surface area (Å²) in [5.41, 5.74) is 2.30. The van der Waals surface area contributed by atoms with Gasteiger partial charge in [-0.3, -0.25) is 4.79 Å². The van der Waals surface area contributed by atoms with E-state index in [2.05, 4.69) is 30.1 Å². The van der Waals surface area contributed by atoms with Crippen molar-refractivity contribution in [1.82, 2.24) is 4.57 Å². The average Bonchev–Trinajstić information content (AvgIpc) is 3.06. The topological polar surface area (TPSA) is 34.4 Å². The maximum atomic E-state index is 11.9. The van der Waals surface area contributed by atoms with Gasteiger partial charge in [0.1, 0.15) is 0 Å². The van der Waals surface area contributed by atoms with Crippen molar-refractivity contribution in [3.63, 3.8) is 0 Å². The van der Waals surface area contributed by atoms with Gasteiger partial charge < -0.3 is 4.57 Å². The molecule has 0 atom stereocenters. The number of carbonyl (C=O) groups excluding carboxylic acids is 1. The van der Waals surface area contributed by atoms with E-state index in [0.717, 1.165) is 19.9 Å². The number of nitrogens with zero attached hydrogens (tertiary/aromatic N) is 2. The normalized spacial score (nSPS) is 12.6. The summed E-state index contributed by atoms with van der Waals surface area (Å²) < 4.78 is 3.10. The van der Waals surface area contributed by atoms with Crippen molar-refractivity contribution in [3.05, 3.63) is 57.0 Å². The molecule has 106 valence electrons. The van der Waals surface area contributed by atoms with Crippen LogP contribution in [0.1, 0.15) is 10.4 Å². The smallest absolute Gasteiger partial charge is 0.272 e. The number of rotatable bonds is 2. The van der Waals surface area contributed by atoms with Crippen LogP contribution in [0, 0.1) is 6.92 Å². The molecule has 1 amide bonds. The number of hydrogen-bond acceptors (Lipinski definition) is 3. The predicted octanol–water partition coefficient (Wildman–Crippen LogP) is 3.75. The second kappa shape index (κ2) is 5.79. The van der Waals surface area contributed by atoms with Gasteiger partial charge in [0, 0.05) is 18.0 Å². The zero-order valence-corrected chi connectivity index (χ0v) is 13.4. The van der Waals surface area contributed by atoms with Crippen LogP contribution < -0.4 is 4.80 Å². The van der Waals surface area contributed by atoms with Crippen molar-refractivity contribution < 1.29 is 4.79 Å². The SMILES string of the molecule is Cc1ccc2c(c1)sc(=NC(=O)C=Cc1cccs1)n2C. The lowest BCUT2D eigenvalue weighted by Gasteiger charge is -1.95. The maximum Gasteiger partial charge on any atom is 0.272 e. The molecule has 5 heteroatoms. The standard InChI is InChI=1S/C16H14N2OS2/c1-11-5-7-13-14(10-11)21-16(18(13)2)17-15(19)8-6-12-4-3-9-20-12/h3-10H,1-2H3. The van der Waals surface area contributed by atoms with Gasteiger partial charge in [0.2, 0.25) is 0 Å². The first kappa shape index (κ1) is 14.0. The Balaban J connectivity index is 1.95. The summed E-state index contributed by atoms with van der Waals surface area (Å²) in [7, 11) is 1.93. The Hall–Kier alpha value is -1.98. The van der Waals surface area contributed by atoms with Gasteiger partial charge in [0.25, 0.3) is 5.91 Å². The third kappa shape index (κ3) is 3.04. The number of thiazole rings is 1. The van der Waals surface area contributed by atoms with Gasteiger partial charge in [-0.1, -0.05) is 23.5 Å². The lowest BCUT2D eigenvalue weighted by atomic mass is 10.2. The van der Waals surface area contributed by atoms with Crippen LogP contribution in [0.5, 0.6) is 0 Å². The van der Waals surface area contributed by atoms with Gasteiger partial charge in [0.15, 0.2) is 4.80 Å². The third-order valence-corrected chi connectivity index (χ3v) is 5.04. The Kier molecular flexibility index (Phi) is 3.86. The van der Waals surface area contributed by atoms with Crippen LogP contribution in [-0.4, -0.2) is 10.5 Å². The zero-order chi connectivity index (χ0) is 14.8. The second-order valence-electron chi connectivity index (χ2n) is 4.71. The lowest BCUT2D eigenvalue weighted by molar-refractivity contribution is -0.113. The molecule has 0 saturated heterocycles. The maximum absolute atomic E-state index is 11.9. The van der Waals surface area contributed by atoms with E-state index in [0.29, 0.717) is 0 Å². The van der Waals surface area contributed by atoms with E-state index in [4.69, 9.17) is 0 Å². The molecule has 0 unspecified atom stereocenters. The van der Waals surface area contributed by atoms with Crippen molar-refractivity contribution in [1.29, 1.82) is 0 Å². The second-order valence-corrected chi connectivity index (χ2v) is 6.70. The molecule has 0 spiro atoms. The molecule has 2 heterocycles. The minimum absolute atomic E-state index is 0.234. The molecule has 0 radical (unpaired) electrons. The first-order chi connectivity index (χ1) is 10.1. The Labute approximate surface area is 130 Å². The van der Waals surface area contributed by atoms with E-state index in [-0.39, 0.29) is 5.91 Å². The van der Waals surface area contributed by atoms with Crippen LogP contribution in [0.3, 0.4) is 0 Å². The van der Waals surface area contributed by atoms with E-state index >= 15 is 0 Å². The molecule has 0 saturated carbocycles. The number of benzene rings is 1.